The molecule has 0 aliphatic carbocycles. The fourth-order valence-corrected chi connectivity index (χ4v) is 2.24. The molecule has 0 fully saturated rings. The summed E-state index contributed by atoms with van der Waals surface area (Å²) in [4.78, 5) is 8.09. The molecule has 0 radical (unpaired) electrons. The normalized spacial score (nSPS) is 11.2. The van der Waals surface area contributed by atoms with Crippen molar-refractivity contribution in [3.8, 4) is 0 Å². The molecule has 0 bridgehead atoms. The average Bonchev–Trinajstić information content (AvgIpc) is 2.73. The lowest BCUT2D eigenvalue weighted by atomic mass is 10.1. The van der Waals surface area contributed by atoms with Gasteiger partial charge in [-0.15, -0.1) is 0 Å². The van der Waals surface area contributed by atoms with E-state index in [-0.39, 0.29) is 0 Å². The second-order valence-corrected chi connectivity index (χ2v) is 4.82. The third-order valence-electron chi connectivity index (χ3n) is 3.28. The van der Waals surface area contributed by atoms with Gasteiger partial charge in [0.15, 0.2) is 0 Å². The summed E-state index contributed by atoms with van der Waals surface area (Å²) >= 11 is 0. The molecule has 2 heteroatoms. The monoisotopic (exact) mass is 230 g/mol. The van der Waals surface area contributed by atoms with Crippen molar-refractivity contribution in [2.75, 3.05) is 0 Å². The molecule has 1 N–H and O–H groups in total. The third kappa shape index (κ3) is 3.09. The van der Waals surface area contributed by atoms with Crippen molar-refractivity contribution in [2.45, 2.75) is 52.4 Å². The Kier molecular flexibility index (Phi) is 4.18. The lowest BCUT2D eigenvalue weighted by Crippen LogP contribution is -1.88. The lowest BCUT2D eigenvalue weighted by molar-refractivity contribution is 0.625. The number of benzene rings is 1. The molecular formula is C15H22N2. The van der Waals surface area contributed by atoms with E-state index in [4.69, 9.17) is 0 Å². The van der Waals surface area contributed by atoms with Gasteiger partial charge in [0.2, 0.25) is 0 Å². The van der Waals surface area contributed by atoms with E-state index in [0.29, 0.717) is 0 Å². The number of hydrogen-bond donors (Lipinski definition) is 1. The van der Waals surface area contributed by atoms with E-state index in [1.807, 2.05) is 0 Å². The minimum atomic E-state index is 1.08. The molecule has 92 valence electrons. The molecule has 2 nitrogen and oxygen atoms in total. The quantitative estimate of drug-likeness (QED) is 0.733. The summed E-state index contributed by atoms with van der Waals surface area (Å²) in [7, 11) is 0. The van der Waals surface area contributed by atoms with Crippen molar-refractivity contribution in [3.05, 3.63) is 29.6 Å². The first-order chi connectivity index (χ1) is 8.31. The van der Waals surface area contributed by atoms with E-state index < -0.39 is 0 Å². The summed E-state index contributed by atoms with van der Waals surface area (Å²) in [5.41, 5.74) is 3.57. The molecule has 1 heterocycles. The van der Waals surface area contributed by atoms with E-state index in [2.05, 4.69) is 42.0 Å². The van der Waals surface area contributed by atoms with Crippen molar-refractivity contribution >= 4 is 11.0 Å². The topological polar surface area (TPSA) is 28.7 Å². The minimum Gasteiger partial charge on any atom is -0.342 e. The number of aromatic amines is 1. The Morgan fingerprint density at radius 1 is 1.12 bits per heavy atom. The Labute approximate surface area is 103 Å². The first-order valence-corrected chi connectivity index (χ1v) is 6.75. The number of fused-ring (bicyclic) bond motifs is 1. The molecule has 0 amide bonds. The van der Waals surface area contributed by atoms with E-state index in [1.54, 1.807) is 0 Å². The van der Waals surface area contributed by atoms with Gasteiger partial charge < -0.3 is 4.98 Å². The summed E-state index contributed by atoms with van der Waals surface area (Å²) in [6, 6.07) is 6.31. The van der Waals surface area contributed by atoms with Crippen molar-refractivity contribution in [1.82, 2.24) is 9.97 Å². The van der Waals surface area contributed by atoms with Crippen LogP contribution in [0.5, 0.6) is 0 Å². The van der Waals surface area contributed by atoms with Gasteiger partial charge in [-0.1, -0.05) is 44.7 Å². The van der Waals surface area contributed by atoms with Gasteiger partial charge in [-0.3, -0.25) is 0 Å². The number of aryl methyl sites for hydroxylation is 2. The van der Waals surface area contributed by atoms with Gasteiger partial charge >= 0.3 is 0 Å². The lowest BCUT2D eigenvalue weighted by Gasteiger charge is -1.97. The van der Waals surface area contributed by atoms with Crippen molar-refractivity contribution in [1.29, 1.82) is 0 Å². The Balaban J connectivity index is 1.93. The number of H-pyrrole nitrogens is 1. The number of para-hydroxylation sites is 1. The van der Waals surface area contributed by atoms with E-state index in [0.717, 1.165) is 17.8 Å². The molecule has 0 aliphatic rings. The van der Waals surface area contributed by atoms with Gasteiger partial charge in [-0.25, -0.2) is 4.98 Å². The van der Waals surface area contributed by atoms with Crippen molar-refractivity contribution in [3.63, 3.8) is 0 Å². The molecule has 0 atom stereocenters. The second-order valence-electron chi connectivity index (χ2n) is 4.82. The van der Waals surface area contributed by atoms with Crippen LogP contribution in [0.4, 0.5) is 0 Å². The number of nitrogens with one attached hydrogen (secondary N) is 1. The zero-order valence-electron chi connectivity index (χ0n) is 10.9. The van der Waals surface area contributed by atoms with Gasteiger partial charge in [0.25, 0.3) is 0 Å². The number of unbranched alkanes of at least 4 members (excludes halogenated alkanes) is 4. The smallest absolute Gasteiger partial charge is 0.107 e. The predicted molar refractivity (Wildman–Crippen MR) is 73.3 cm³/mol. The Hall–Kier alpha value is -1.31. The Morgan fingerprint density at radius 3 is 2.71 bits per heavy atom. The maximum atomic E-state index is 4.67. The fraction of sp³-hybridized carbons (Fsp3) is 0.533. The van der Waals surface area contributed by atoms with Crippen LogP contribution < -0.4 is 0 Å². The van der Waals surface area contributed by atoms with Gasteiger partial charge in [-0.05, 0) is 25.0 Å². The van der Waals surface area contributed by atoms with Crippen LogP contribution in [0.2, 0.25) is 0 Å². The number of imidazole rings is 1. The van der Waals surface area contributed by atoms with Crippen molar-refractivity contribution < 1.29 is 0 Å². The van der Waals surface area contributed by atoms with Crippen LogP contribution in [0.25, 0.3) is 11.0 Å². The molecule has 0 saturated heterocycles. The highest BCUT2D eigenvalue weighted by Crippen LogP contribution is 2.16. The highest BCUT2D eigenvalue weighted by atomic mass is 14.9. The molecule has 2 aromatic rings. The van der Waals surface area contributed by atoms with Gasteiger partial charge in [0, 0.05) is 6.42 Å². The van der Waals surface area contributed by atoms with Gasteiger partial charge in [-0.2, -0.15) is 0 Å². The number of rotatable bonds is 6. The maximum absolute atomic E-state index is 4.67. The molecule has 0 saturated carbocycles. The molecule has 1 aromatic heterocycles. The summed E-state index contributed by atoms with van der Waals surface area (Å²) < 4.78 is 0. The van der Waals surface area contributed by atoms with Crippen LogP contribution in [0.3, 0.4) is 0 Å². The fourth-order valence-electron chi connectivity index (χ4n) is 2.24. The van der Waals surface area contributed by atoms with Crippen LogP contribution in [0, 0.1) is 6.92 Å². The van der Waals surface area contributed by atoms with Crippen LogP contribution in [0.15, 0.2) is 18.2 Å². The Morgan fingerprint density at radius 2 is 1.94 bits per heavy atom. The first kappa shape index (κ1) is 12.2. The van der Waals surface area contributed by atoms with Gasteiger partial charge in [0.1, 0.15) is 5.82 Å². The summed E-state index contributed by atoms with van der Waals surface area (Å²) in [6.07, 6.45) is 7.68. The third-order valence-corrected chi connectivity index (χ3v) is 3.28. The van der Waals surface area contributed by atoms with Crippen LogP contribution >= 0.6 is 0 Å². The van der Waals surface area contributed by atoms with E-state index in [1.165, 1.54) is 43.2 Å². The second kappa shape index (κ2) is 5.85. The average molecular weight is 230 g/mol. The van der Waals surface area contributed by atoms with Crippen molar-refractivity contribution in [2.24, 2.45) is 0 Å². The maximum Gasteiger partial charge on any atom is 0.107 e. The van der Waals surface area contributed by atoms with Crippen LogP contribution in [-0.4, -0.2) is 9.97 Å². The first-order valence-electron chi connectivity index (χ1n) is 6.75. The van der Waals surface area contributed by atoms with E-state index in [9.17, 15) is 0 Å². The standard InChI is InChI=1S/C15H22N2/c1-3-4-5-6-7-11-14-16-13-10-8-9-12(2)15(13)17-14/h8-10H,3-7,11H2,1-2H3,(H,16,17). The molecule has 2 rings (SSSR count). The molecular weight excluding hydrogens is 208 g/mol. The zero-order valence-corrected chi connectivity index (χ0v) is 10.9. The SMILES string of the molecule is CCCCCCCc1nc2c(C)cccc2[nH]1. The Bertz CT molecular complexity index is 471. The molecule has 17 heavy (non-hydrogen) atoms. The highest BCUT2D eigenvalue weighted by molar-refractivity contribution is 5.78. The molecule has 1 aromatic carbocycles. The number of hydrogen-bond acceptors (Lipinski definition) is 1. The molecule has 0 unspecified atom stereocenters. The van der Waals surface area contributed by atoms with Gasteiger partial charge in [0.05, 0.1) is 11.0 Å². The summed E-state index contributed by atoms with van der Waals surface area (Å²) in [6.45, 7) is 4.37. The minimum absolute atomic E-state index is 1.08. The van der Waals surface area contributed by atoms with E-state index >= 15 is 0 Å². The largest absolute Gasteiger partial charge is 0.342 e. The molecule has 0 aliphatic heterocycles. The summed E-state index contributed by atoms with van der Waals surface area (Å²) in [5.74, 6) is 1.14. The van der Waals surface area contributed by atoms with Crippen LogP contribution in [0.1, 0.15) is 50.4 Å². The predicted octanol–water partition coefficient (Wildman–Crippen LogP) is 4.38. The number of aromatic nitrogens is 2. The zero-order chi connectivity index (χ0) is 12.1. The highest BCUT2D eigenvalue weighted by Gasteiger charge is 2.04. The summed E-state index contributed by atoms with van der Waals surface area (Å²) in [5, 5.41) is 0. The molecule has 0 spiro atoms. The van der Waals surface area contributed by atoms with Crippen LogP contribution in [-0.2, 0) is 6.42 Å². The number of nitrogens with zero attached hydrogens (tertiary/aromatic N) is 1.